The maximum atomic E-state index is 13.9. The summed E-state index contributed by atoms with van der Waals surface area (Å²) in [6.07, 6.45) is -1.44. The molecule has 1 aliphatic carbocycles. The molecule has 15 heteroatoms. The van der Waals surface area contributed by atoms with E-state index in [9.17, 15) is 39.9 Å². The Kier molecular flexibility index (Phi) is 5.44. The van der Waals surface area contributed by atoms with Crippen molar-refractivity contribution in [2.75, 3.05) is 5.32 Å². The number of benzene rings is 1. The van der Waals surface area contributed by atoms with Gasteiger partial charge in [-0.25, -0.2) is 31.5 Å². The molecule has 1 N–H and O–H groups in total. The van der Waals surface area contributed by atoms with Gasteiger partial charge < -0.3 is 5.32 Å². The number of aromatic nitrogens is 5. The zero-order valence-corrected chi connectivity index (χ0v) is 17.7. The first-order valence-electron chi connectivity index (χ1n) is 10.3. The molecule has 5 rings (SSSR count). The van der Waals surface area contributed by atoms with Gasteiger partial charge in [-0.05, 0) is 18.9 Å². The SMILES string of the molecule is O=C(Nc1ccn(Cc2c(F)c(F)c(F)c(F)c2F)n1)c1cnn2c(C(F)(F)F)cc(C3CC3)nc12. The van der Waals surface area contributed by atoms with Crippen molar-refractivity contribution < 1.29 is 39.9 Å². The number of nitrogens with zero attached hydrogens (tertiary/aromatic N) is 5. The van der Waals surface area contributed by atoms with E-state index in [1.807, 2.05) is 0 Å². The van der Waals surface area contributed by atoms with Crippen molar-refractivity contribution >= 4 is 17.4 Å². The predicted molar refractivity (Wildman–Crippen MR) is 105 cm³/mol. The highest BCUT2D eigenvalue weighted by molar-refractivity contribution is 6.07. The molecule has 1 saturated carbocycles. The second-order valence-corrected chi connectivity index (χ2v) is 8.03. The second-order valence-electron chi connectivity index (χ2n) is 8.03. The third kappa shape index (κ3) is 4.03. The van der Waals surface area contributed by atoms with Crippen LogP contribution in [-0.4, -0.2) is 30.3 Å². The summed E-state index contributed by atoms with van der Waals surface area (Å²) >= 11 is 0. The van der Waals surface area contributed by atoms with E-state index in [1.165, 1.54) is 0 Å². The molecule has 0 spiro atoms. The zero-order valence-electron chi connectivity index (χ0n) is 17.7. The Morgan fingerprint density at radius 2 is 1.67 bits per heavy atom. The molecule has 3 aromatic heterocycles. The highest BCUT2D eigenvalue weighted by Gasteiger charge is 2.38. The predicted octanol–water partition coefficient (Wildman–Crippen LogP) is 4.82. The van der Waals surface area contributed by atoms with Crippen LogP contribution in [0.2, 0.25) is 0 Å². The average Bonchev–Trinajstić information content (AvgIpc) is 3.45. The average molecular weight is 516 g/mol. The Bertz CT molecular complexity index is 1490. The normalized spacial score (nSPS) is 14.0. The Balaban J connectivity index is 1.42. The van der Waals surface area contributed by atoms with Crippen LogP contribution in [0.25, 0.3) is 5.65 Å². The minimum atomic E-state index is -4.76. The van der Waals surface area contributed by atoms with Gasteiger partial charge in [-0.15, -0.1) is 0 Å². The monoisotopic (exact) mass is 516 g/mol. The third-order valence-corrected chi connectivity index (χ3v) is 5.53. The van der Waals surface area contributed by atoms with Crippen LogP contribution < -0.4 is 5.32 Å². The van der Waals surface area contributed by atoms with Crippen LogP contribution in [0, 0.1) is 29.1 Å². The van der Waals surface area contributed by atoms with Gasteiger partial charge in [-0.1, -0.05) is 0 Å². The Morgan fingerprint density at radius 3 is 2.28 bits per heavy atom. The highest BCUT2D eigenvalue weighted by atomic mass is 19.4. The van der Waals surface area contributed by atoms with Gasteiger partial charge in [-0.3, -0.25) is 9.48 Å². The molecule has 1 aliphatic rings. The molecule has 7 nitrogen and oxygen atoms in total. The quantitative estimate of drug-likeness (QED) is 0.235. The molecule has 1 fully saturated rings. The first-order valence-corrected chi connectivity index (χ1v) is 10.3. The molecule has 0 radical (unpaired) electrons. The van der Waals surface area contributed by atoms with Gasteiger partial charge in [0.25, 0.3) is 5.91 Å². The summed E-state index contributed by atoms with van der Waals surface area (Å²) in [5.41, 5.74) is -2.69. The maximum absolute atomic E-state index is 13.9. The summed E-state index contributed by atoms with van der Waals surface area (Å²) in [6, 6.07) is 2.04. The fraction of sp³-hybridized carbons (Fsp3) is 0.238. The molecule has 4 aromatic rings. The number of fused-ring (bicyclic) bond motifs is 1. The van der Waals surface area contributed by atoms with Gasteiger partial charge in [-0.2, -0.15) is 23.4 Å². The molecule has 1 amide bonds. The number of amides is 1. The lowest BCUT2D eigenvalue weighted by atomic mass is 10.1. The lowest BCUT2D eigenvalue weighted by Gasteiger charge is -2.11. The molecule has 0 aliphatic heterocycles. The molecule has 0 unspecified atom stereocenters. The van der Waals surface area contributed by atoms with E-state index in [0.29, 0.717) is 17.4 Å². The Hall–Kier alpha value is -4.04. The molecule has 1 aromatic carbocycles. The summed E-state index contributed by atoms with van der Waals surface area (Å²) in [6.45, 7) is -0.861. The Morgan fingerprint density at radius 1 is 1.03 bits per heavy atom. The van der Waals surface area contributed by atoms with Crippen molar-refractivity contribution in [3.8, 4) is 0 Å². The number of anilines is 1. The Labute approximate surface area is 195 Å². The van der Waals surface area contributed by atoms with Gasteiger partial charge in [0.15, 0.2) is 34.7 Å². The van der Waals surface area contributed by atoms with Gasteiger partial charge >= 0.3 is 6.18 Å². The largest absolute Gasteiger partial charge is 0.433 e. The van der Waals surface area contributed by atoms with E-state index in [0.717, 1.165) is 29.2 Å². The number of hydrogen-bond donors (Lipinski definition) is 1. The molecule has 0 bridgehead atoms. The van der Waals surface area contributed by atoms with Crippen molar-refractivity contribution in [1.29, 1.82) is 0 Å². The number of rotatable bonds is 5. The first kappa shape index (κ1) is 23.7. The number of nitrogens with one attached hydrogen (secondary N) is 1. The lowest BCUT2D eigenvalue weighted by molar-refractivity contribution is -0.142. The fourth-order valence-electron chi connectivity index (χ4n) is 3.58. The van der Waals surface area contributed by atoms with E-state index in [-0.39, 0.29) is 28.6 Å². The molecule has 188 valence electrons. The van der Waals surface area contributed by atoms with Crippen LogP contribution in [-0.2, 0) is 12.7 Å². The van der Waals surface area contributed by atoms with E-state index < -0.39 is 59.0 Å². The first-order chi connectivity index (χ1) is 17.0. The minimum absolute atomic E-state index is 0.153. The van der Waals surface area contributed by atoms with Gasteiger partial charge in [0, 0.05) is 23.9 Å². The number of carbonyl (C=O) groups is 1. The van der Waals surface area contributed by atoms with Crippen LogP contribution in [0.4, 0.5) is 40.9 Å². The molecular weight excluding hydrogens is 504 g/mol. The van der Waals surface area contributed by atoms with E-state index in [4.69, 9.17) is 0 Å². The van der Waals surface area contributed by atoms with Gasteiger partial charge in [0.2, 0.25) is 5.82 Å². The molecule has 0 atom stereocenters. The van der Waals surface area contributed by atoms with Crippen molar-refractivity contribution in [3.63, 3.8) is 0 Å². The number of hydrogen-bond acceptors (Lipinski definition) is 4. The van der Waals surface area contributed by atoms with Crippen molar-refractivity contribution in [2.24, 2.45) is 0 Å². The van der Waals surface area contributed by atoms with Crippen molar-refractivity contribution in [1.82, 2.24) is 24.4 Å². The van der Waals surface area contributed by atoms with E-state index in [2.05, 4.69) is 20.5 Å². The number of alkyl halides is 3. The van der Waals surface area contributed by atoms with Crippen LogP contribution in [0.5, 0.6) is 0 Å². The fourth-order valence-corrected chi connectivity index (χ4v) is 3.58. The van der Waals surface area contributed by atoms with Gasteiger partial charge in [0.05, 0.1) is 18.3 Å². The van der Waals surface area contributed by atoms with E-state index >= 15 is 0 Å². The minimum Gasteiger partial charge on any atom is -0.305 e. The summed E-state index contributed by atoms with van der Waals surface area (Å²) in [5.74, 6) is -11.9. The molecule has 0 saturated heterocycles. The van der Waals surface area contributed by atoms with E-state index in [1.54, 1.807) is 0 Å². The standard InChI is InChI=1S/C21H12F8N6O/c22-14-10(15(23)17(25)18(26)16(14)24)7-34-4-3-13(33-34)32-20(36)9-6-30-35-12(21(27,28)29)5-11(8-1-2-8)31-19(9)35/h3-6,8H,1-2,7H2,(H,32,33,36). The van der Waals surface area contributed by atoms with Crippen LogP contribution in [0.3, 0.4) is 0 Å². The van der Waals surface area contributed by atoms with Crippen molar-refractivity contribution in [3.05, 3.63) is 76.1 Å². The number of carbonyl (C=O) groups excluding carboxylic acids is 1. The summed E-state index contributed by atoms with van der Waals surface area (Å²) in [4.78, 5) is 16.9. The summed E-state index contributed by atoms with van der Waals surface area (Å²) < 4.78 is 110. The third-order valence-electron chi connectivity index (χ3n) is 5.53. The van der Waals surface area contributed by atoms with Crippen LogP contribution >= 0.6 is 0 Å². The van der Waals surface area contributed by atoms with Gasteiger partial charge in [0.1, 0.15) is 11.3 Å². The second kappa shape index (κ2) is 8.27. The summed E-state index contributed by atoms with van der Waals surface area (Å²) in [5, 5.41) is 9.72. The molecular formula is C21H12F8N6O. The maximum Gasteiger partial charge on any atom is 0.433 e. The lowest BCUT2D eigenvalue weighted by Crippen LogP contribution is -2.16. The highest BCUT2D eigenvalue weighted by Crippen LogP contribution is 2.41. The molecule has 36 heavy (non-hydrogen) atoms. The van der Waals surface area contributed by atoms with Crippen LogP contribution in [0.15, 0.2) is 24.5 Å². The number of halogens is 8. The zero-order chi connectivity index (χ0) is 25.9. The summed E-state index contributed by atoms with van der Waals surface area (Å²) in [7, 11) is 0. The molecule has 3 heterocycles. The van der Waals surface area contributed by atoms with Crippen LogP contribution in [0.1, 0.15) is 46.1 Å². The van der Waals surface area contributed by atoms with Crippen molar-refractivity contribution in [2.45, 2.75) is 31.5 Å². The smallest absolute Gasteiger partial charge is 0.305 e. The topological polar surface area (TPSA) is 77.1 Å².